The molecule has 144 valence electrons. The van der Waals surface area contributed by atoms with Gasteiger partial charge in [0.25, 0.3) is 0 Å². The SMILES string of the molecule is COc1ccc(-c2noc([C@H]3CCN(c4ccccc4Br)C3=O)n2)cc1OC. The van der Waals surface area contributed by atoms with Gasteiger partial charge in [0.15, 0.2) is 11.5 Å². The summed E-state index contributed by atoms with van der Waals surface area (Å²) in [7, 11) is 3.14. The molecule has 3 aromatic rings. The van der Waals surface area contributed by atoms with Crippen LogP contribution >= 0.6 is 15.9 Å². The lowest BCUT2D eigenvalue weighted by molar-refractivity contribution is -0.118. The molecule has 1 aliphatic rings. The Labute approximate surface area is 170 Å². The minimum atomic E-state index is -0.450. The molecular weight excluding hydrogens is 426 g/mol. The fraction of sp³-hybridized carbons (Fsp3) is 0.250. The molecule has 2 aromatic carbocycles. The van der Waals surface area contributed by atoms with Crippen LogP contribution < -0.4 is 14.4 Å². The van der Waals surface area contributed by atoms with Crippen molar-refractivity contribution < 1.29 is 18.8 Å². The smallest absolute Gasteiger partial charge is 0.239 e. The summed E-state index contributed by atoms with van der Waals surface area (Å²) in [5, 5.41) is 4.05. The fourth-order valence-corrected chi connectivity index (χ4v) is 3.79. The van der Waals surface area contributed by atoms with Crippen molar-refractivity contribution in [1.82, 2.24) is 10.1 Å². The lowest BCUT2D eigenvalue weighted by Gasteiger charge is -2.17. The van der Waals surface area contributed by atoms with Crippen LogP contribution in [0.2, 0.25) is 0 Å². The van der Waals surface area contributed by atoms with E-state index in [1.165, 1.54) is 0 Å². The molecule has 1 atom stereocenters. The average molecular weight is 444 g/mol. The number of aromatic nitrogens is 2. The van der Waals surface area contributed by atoms with Gasteiger partial charge in [0, 0.05) is 16.6 Å². The summed E-state index contributed by atoms with van der Waals surface area (Å²) in [5.41, 5.74) is 1.57. The fourth-order valence-electron chi connectivity index (χ4n) is 3.29. The lowest BCUT2D eigenvalue weighted by atomic mass is 10.1. The molecular formula is C20H18BrN3O4. The van der Waals surface area contributed by atoms with Gasteiger partial charge in [-0.3, -0.25) is 4.79 Å². The van der Waals surface area contributed by atoms with Crippen LogP contribution in [0.15, 0.2) is 51.5 Å². The minimum absolute atomic E-state index is 0.0468. The van der Waals surface area contributed by atoms with Crippen LogP contribution in [0.1, 0.15) is 18.2 Å². The maximum absolute atomic E-state index is 12.9. The number of carbonyl (C=O) groups is 1. The summed E-state index contributed by atoms with van der Waals surface area (Å²) in [5.74, 6) is 1.42. The van der Waals surface area contributed by atoms with E-state index < -0.39 is 5.92 Å². The van der Waals surface area contributed by atoms with E-state index in [9.17, 15) is 4.79 Å². The molecule has 2 heterocycles. The Morgan fingerprint density at radius 3 is 2.68 bits per heavy atom. The topological polar surface area (TPSA) is 77.7 Å². The van der Waals surface area contributed by atoms with Gasteiger partial charge >= 0.3 is 0 Å². The second-order valence-electron chi connectivity index (χ2n) is 6.31. The van der Waals surface area contributed by atoms with Gasteiger partial charge in [-0.15, -0.1) is 0 Å². The number of carbonyl (C=O) groups excluding carboxylic acids is 1. The van der Waals surface area contributed by atoms with E-state index in [0.717, 1.165) is 15.7 Å². The molecule has 7 nitrogen and oxygen atoms in total. The monoisotopic (exact) mass is 443 g/mol. The molecule has 0 radical (unpaired) electrons. The first-order valence-electron chi connectivity index (χ1n) is 8.74. The Morgan fingerprint density at radius 1 is 1.14 bits per heavy atom. The highest BCUT2D eigenvalue weighted by molar-refractivity contribution is 9.10. The number of nitrogens with zero attached hydrogens (tertiary/aromatic N) is 3. The van der Waals surface area contributed by atoms with Crippen molar-refractivity contribution in [2.24, 2.45) is 0 Å². The van der Waals surface area contributed by atoms with E-state index in [1.807, 2.05) is 30.3 Å². The van der Waals surface area contributed by atoms with Crippen LogP contribution in [0.4, 0.5) is 5.69 Å². The Kier molecular flexibility index (Phi) is 5.04. The number of halogens is 1. The molecule has 0 aliphatic carbocycles. The average Bonchev–Trinajstić information content (AvgIpc) is 3.34. The summed E-state index contributed by atoms with van der Waals surface area (Å²) >= 11 is 3.50. The zero-order valence-corrected chi connectivity index (χ0v) is 17.0. The van der Waals surface area contributed by atoms with E-state index in [-0.39, 0.29) is 5.91 Å². The first-order chi connectivity index (χ1) is 13.6. The number of methoxy groups -OCH3 is 2. The second kappa shape index (κ2) is 7.63. The van der Waals surface area contributed by atoms with Gasteiger partial charge in [-0.1, -0.05) is 17.3 Å². The standard InChI is InChI=1S/C20H18BrN3O4/c1-26-16-8-7-12(11-17(16)27-2)18-22-19(28-23-18)13-9-10-24(20(13)25)15-6-4-3-5-14(15)21/h3-8,11,13H,9-10H2,1-2H3/t13-/m1/s1. The van der Waals surface area contributed by atoms with Crippen LogP contribution in [0.3, 0.4) is 0 Å². The van der Waals surface area contributed by atoms with E-state index in [1.54, 1.807) is 31.3 Å². The molecule has 0 spiro atoms. The third-order valence-electron chi connectivity index (χ3n) is 4.73. The molecule has 1 amide bonds. The molecule has 1 aromatic heterocycles. The van der Waals surface area contributed by atoms with Crippen molar-refractivity contribution >= 4 is 27.5 Å². The molecule has 4 rings (SSSR count). The summed E-state index contributed by atoms with van der Waals surface area (Å²) in [6.07, 6.45) is 0.619. The summed E-state index contributed by atoms with van der Waals surface area (Å²) in [4.78, 5) is 19.1. The molecule has 0 unspecified atom stereocenters. The Morgan fingerprint density at radius 2 is 1.93 bits per heavy atom. The Bertz CT molecular complexity index is 1020. The van der Waals surface area contributed by atoms with Crippen molar-refractivity contribution in [2.45, 2.75) is 12.3 Å². The molecule has 0 bridgehead atoms. The van der Waals surface area contributed by atoms with E-state index in [2.05, 4.69) is 26.1 Å². The minimum Gasteiger partial charge on any atom is -0.493 e. The Hall–Kier alpha value is -2.87. The highest BCUT2D eigenvalue weighted by atomic mass is 79.9. The van der Waals surface area contributed by atoms with Gasteiger partial charge in [-0.2, -0.15) is 4.98 Å². The van der Waals surface area contributed by atoms with Crippen molar-refractivity contribution in [3.8, 4) is 22.9 Å². The Balaban J connectivity index is 1.58. The van der Waals surface area contributed by atoms with Crippen molar-refractivity contribution in [3.63, 3.8) is 0 Å². The van der Waals surface area contributed by atoms with Crippen LogP contribution in [0, 0.1) is 0 Å². The molecule has 1 aliphatic heterocycles. The van der Waals surface area contributed by atoms with Gasteiger partial charge in [0.05, 0.1) is 19.9 Å². The largest absolute Gasteiger partial charge is 0.493 e. The number of para-hydroxylation sites is 1. The third kappa shape index (κ3) is 3.24. The normalized spacial score (nSPS) is 16.5. The molecule has 1 fully saturated rings. The van der Waals surface area contributed by atoms with Crippen LogP contribution in [0.25, 0.3) is 11.4 Å². The third-order valence-corrected chi connectivity index (χ3v) is 5.40. The number of amides is 1. The first-order valence-corrected chi connectivity index (χ1v) is 9.53. The van der Waals surface area contributed by atoms with Gasteiger partial charge in [-0.25, -0.2) is 0 Å². The quantitative estimate of drug-likeness (QED) is 0.591. The number of hydrogen-bond acceptors (Lipinski definition) is 6. The molecule has 8 heteroatoms. The maximum atomic E-state index is 12.9. The van der Waals surface area contributed by atoms with Crippen molar-refractivity contribution in [2.75, 3.05) is 25.7 Å². The summed E-state index contributed by atoms with van der Waals surface area (Å²) < 4.78 is 16.9. The zero-order chi connectivity index (χ0) is 19.7. The molecule has 0 N–H and O–H groups in total. The molecule has 28 heavy (non-hydrogen) atoms. The highest BCUT2D eigenvalue weighted by Gasteiger charge is 2.38. The highest BCUT2D eigenvalue weighted by Crippen LogP contribution is 2.36. The van der Waals surface area contributed by atoms with E-state index >= 15 is 0 Å². The second-order valence-corrected chi connectivity index (χ2v) is 7.16. The van der Waals surface area contributed by atoms with Gasteiger partial charge in [0.1, 0.15) is 5.92 Å². The van der Waals surface area contributed by atoms with E-state index in [4.69, 9.17) is 14.0 Å². The predicted octanol–water partition coefficient (Wildman–Crippen LogP) is 4.04. The van der Waals surface area contributed by atoms with Crippen LogP contribution in [0.5, 0.6) is 11.5 Å². The van der Waals surface area contributed by atoms with Crippen molar-refractivity contribution in [3.05, 3.63) is 52.8 Å². The number of ether oxygens (including phenoxy) is 2. The number of benzene rings is 2. The van der Waals surface area contributed by atoms with Crippen molar-refractivity contribution in [1.29, 1.82) is 0 Å². The lowest BCUT2D eigenvalue weighted by Crippen LogP contribution is -2.26. The zero-order valence-electron chi connectivity index (χ0n) is 15.4. The van der Waals surface area contributed by atoms with Gasteiger partial charge < -0.3 is 18.9 Å². The number of rotatable bonds is 5. The van der Waals surface area contributed by atoms with E-state index in [0.29, 0.717) is 36.2 Å². The maximum Gasteiger partial charge on any atom is 0.239 e. The number of anilines is 1. The summed E-state index contributed by atoms with van der Waals surface area (Å²) in [6, 6.07) is 13.0. The van der Waals surface area contributed by atoms with Gasteiger partial charge in [0.2, 0.25) is 17.6 Å². The van der Waals surface area contributed by atoms with Crippen LogP contribution in [-0.4, -0.2) is 36.8 Å². The van der Waals surface area contributed by atoms with Crippen LogP contribution in [-0.2, 0) is 4.79 Å². The number of hydrogen-bond donors (Lipinski definition) is 0. The predicted molar refractivity (Wildman–Crippen MR) is 107 cm³/mol. The molecule has 0 saturated carbocycles. The van der Waals surface area contributed by atoms with Gasteiger partial charge in [-0.05, 0) is 52.7 Å². The summed E-state index contributed by atoms with van der Waals surface area (Å²) in [6.45, 7) is 0.597. The first kappa shape index (κ1) is 18.5. The molecule has 1 saturated heterocycles.